The number of likely N-dealkylation sites (N-methyl/N-ethyl adjacent to an activating group) is 1. The number of hydrogen-bond donors (Lipinski definition) is 1. The van der Waals surface area contributed by atoms with Crippen LogP contribution >= 0.6 is 0 Å². The number of pyridine rings is 1. The molecule has 1 atom stereocenters. The van der Waals surface area contributed by atoms with Gasteiger partial charge in [0.1, 0.15) is 0 Å². The Labute approximate surface area is 134 Å². The van der Waals surface area contributed by atoms with Crippen molar-refractivity contribution in [3.05, 3.63) is 61.5 Å². The number of benzene rings is 1. The minimum atomic E-state index is 0.662. The SMILES string of the molecule is C=CC1CCCN1C.C=Cc1nccc2ccccc12.CN. The lowest BCUT2D eigenvalue weighted by Crippen LogP contribution is -2.21. The van der Waals surface area contributed by atoms with E-state index in [4.69, 9.17) is 0 Å². The molecule has 1 aromatic carbocycles. The molecule has 0 bridgehead atoms. The maximum Gasteiger partial charge on any atom is 0.0702 e. The van der Waals surface area contributed by atoms with Crippen LogP contribution in [0.15, 0.2) is 55.8 Å². The van der Waals surface area contributed by atoms with Crippen LogP contribution in [0.3, 0.4) is 0 Å². The number of hydrogen-bond acceptors (Lipinski definition) is 3. The van der Waals surface area contributed by atoms with Crippen molar-refractivity contribution >= 4 is 16.8 Å². The van der Waals surface area contributed by atoms with Gasteiger partial charge in [0.25, 0.3) is 0 Å². The van der Waals surface area contributed by atoms with Crippen LogP contribution in [0.2, 0.25) is 0 Å². The smallest absolute Gasteiger partial charge is 0.0702 e. The van der Waals surface area contributed by atoms with E-state index >= 15 is 0 Å². The zero-order chi connectivity index (χ0) is 16.4. The largest absolute Gasteiger partial charge is 0.333 e. The standard InChI is InChI=1S/C11H9N.C7H13N.CH5N/c1-2-11-10-6-4-3-5-9(10)7-8-12-11;1-3-7-5-4-6-8(7)2;1-2/h2-8H,1H2;3,7H,1,4-6H2,2H3;2H2,1H3. The highest BCUT2D eigenvalue weighted by molar-refractivity contribution is 5.88. The van der Waals surface area contributed by atoms with E-state index in [0.717, 1.165) is 11.1 Å². The zero-order valence-electron chi connectivity index (χ0n) is 13.7. The van der Waals surface area contributed by atoms with Crippen LogP contribution in [0, 0.1) is 0 Å². The first-order valence-electron chi connectivity index (χ1n) is 7.63. The summed E-state index contributed by atoms with van der Waals surface area (Å²) in [5.41, 5.74) is 5.45. The van der Waals surface area contributed by atoms with Crippen LogP contribution in [-0.4, -0.2) is 36.6 Å². The molecule has 2 aromatic rings. The average Bonchev–Trinajstić information content (AvgIpc) is 3.02. The van der Waals surface area contributed by atoms with E-state index in [0.29, 0.717) is 6.04 Å². The fraction of sp³-hybridized carbons (Fsp3) is 0.316. The summed E-state index contributed by atoms with van der Waals surface area (Å²) in [4.78, 5) is 6.55. The molecular formula is C19H27N3. The molecular weight excluding hydrogens is 270 g/mol. The fourth-order valence-electron chi connectivity index (χ4n) is 2.54. The van der Waals surface area contributed by atoms with Crippen LogP contribution in [0.25, 0.3) is 16.8 Å². The third-order valence-corrected chi connectivity index (χ3v) is 3.75. The second kappa shape index (κ2) is 9.87. The lowest BCUT2D eigenvalue weighted by molar-refractivity contribution is 0.357. The summed E-state index contributed by atoms with van der Waals surface area (Å²) in [6.07, 6.45) is 8.27. The van der Waals surface area contributed by atoms with Crippen molar-refractivity contribution in [1.82, 2.24) is 9.88 Å². The Bertz CT molecular complexity index is 587. The molecule has 3 heteroatoms. The van der Waals surface area contributed by atoms with Crippen molar-refractivity contribution in [1.29, 1.82) is 0 Å². The quantitative estimate of drug-likeness (QED) is 0.859. The Balaban J connectivity index is 0.000000211. The zero-order valence-corrected chi connectivity index (χ0v) is 13.7. The van der Waals surface area contributed by atoms with E-state index in [1.807, 2.05) is 24.3 Å². The summed E-state index contributed by atoms with van der Waals surface area (Å²) >= 11 is 0. The number of nitrogens with zero attached hydrogens (tertiary/aromatic N) is 2. The molecule has 0 saturated carbocycles. The van der Waals surface area contributed by atoms with E-state index in [-0.39, 0.29) is 0 Å². The Morgan fingerprint density at radius 3 is 2.50 bits per heavy atom. The summed E-state index contributed by atoms with van der Waals surface area (Å²) in [6, 6.07) is 10.8. The first kappa shape index (κ1) is 18.1. The summed E-state index contributed by atoms with van der Waals surface area (Å²) in [6.45, 7) is 8.72. The summed E-state index contributed by atoms with van der Waals surface area (Å²) in [5.74, 6) is 0. The number of likely N-dealkylation sites (tertiary alicyclic amines) is 1. The van der Waals surface area contributed by atoms with Gasteiger partial charge in [0, 0.05) is 17.6 Å². The second-order valence-corrected chi connectivity index (χ2v) is 5.05. The molecule has 2 heterocycles. The summed E-state index contributed by atoms with van der Waals surface area (Å²) in [5, 5.41) is 2.37. The van der Waals surface area contributed by atoms with Crippen molar-refractivity contribution in [3.63, 3.8) is 0 Å². The fourth-order valence-corrected chi connectivity index (χ4v) is 2.54. The lowest BCUT2D eigenvalue weighted by atomic mass is 10.1. The molecule has 118 valence electrons. The Morgan fingerprint density at radius 1 is 1.23 bits per heavy atom. The molecule has 3 nitrogen and oxygen atoms in total. The van der Waals surface area contributed by atoms with Gasteiger partial charge in [-0.25, -0.2) is 0 Å². The molecule has 1 aliphatic heterocycles. The van der Waals surface area contributed by atoms with Gasteiger partial charge in [-0.1, -0.05) is 36.9 Å². The van der Waals surface area contributed by atoms with Crippen molar-refractivity contribution in [2.24, 2.45) is 5.73 Å². The van der Waals surface area contributed by atoms with Crippen LogP contribution in [0.1, 0.15) is 18.5 Å². The topological polar surface area (TPSA) is 42.2 Å². The van der Waals surface area contributed by atoms with Crippen molar-refractivity contribution in [2.45, 2.75) is 18.9 Å². The minimum absolute atomic E-state index is 0.662. The predicted octanol–water partition coefficient (Wildman–Crippen LogP) is 3.72. The van der Waals surface area contributed by atoms with E-state index in [1.165, 1.54) is 31.8 Å². The highest BCUT2D eigenvalue weighted by atomic mass is 15.1. The monoisotopic (exact) mass is 297 g/mol. The predicted molar refractivity (Wildman–Crippen MR) is 97.8 cm³/mol. The van der Waals surface area contributed by atoms with Crippen molar-refractivity contribution in [2.75, 3.05) is 20.6 Å². The number of fused-ring (bicyclic) bond motifs is 1. The Hall–Kier alpha value is -1.97. The number of aromatic nitrogens is 1. The van der Waals surface area contributed by atoms with Gasteiger partial charge >= 0.3 is 0 Å². The molecule has 1 aromatic heterocycles. The first-order valence-corrected chi connectivity index (χ1v) is 7.63. The van der Waals surface area contributed by atoms with Gasteiger partial charge < -0.3 is 5.73 Å². The molecule has 1 saturated heterocycles. The molecule has 0 spiro atoms. The third-order valence-electron chi connectivity index (χ3n) is 3.75. The van der Waals surface area contributed by atoms with Gasteiger partial charge in [-0.2, -0.15) is 0 Å². The molecule has 1 aliphatic rings. The Kier molecular flexibility index (Phi) is 8.11. The molecule has 0 amide bonds. The molecule has 1 unspecified atom stereocenters. The highest BCUT2D eigenvalue weighted by Gasteiger charge is 2.16. The maximum atomic E-state index is 4.50. The van der Waals surface area contributed by atoms with Gasteiger partial charge in [0.05, 0.1) is 5.69 Å². The van der Waals surface area contributed by atoms with E-state index in [2.05, 4.69) is 48.0 Å². The minimum Gasteiger partial charge on any atom is -0.333 e. The van der Waals surface area contributed by atoms with Crippen LogP contribution in [0.5, 0.6) is 0 Å². The van der Waals surface area contributed by atoms with Crippen molar-refractivity contribution in [3.8, 4) is 0 Å². The summed E-state index contributed by atoms with van der Waals surface area (Å²) < 4.78 is 0. The van der Waals surface area contributed by atoms with E-state index < -0.39 is 0 Å². The lowest BCUT2D eigenvalue weighted by Gasteiger charge is -2.13. The summed E-state index contributed by atoms with van der Waals surface area (Å²) in [7, 11) is 3.65. The maximum absolute atomic E-state index is 4.50. The van der Waals surface area contributed by atoms with Gasteiger partial charge in [-0.15, -0.1) is 6.58 Å². The normalized spacial score (nSPS) is 17.0. The average molecular weight is 297 g/mol. The first-order chi connectivity index (χ1) is 10.8. The van der Waals surface area contributed by atoms with Crippen LogP contribution in [-0.2, 0) is 0 Å². The molecule has 0 radical (unpaired) electrons. The molecule has 22 heavy (non-hydrogen) atoms. The van der Waals surface area contributed by atoms with Gasteiger partial charge in [0.2, 0.25) is 0 Å². The number of rotatable bonds is 2. The van der Waals surface area contributed by atoms with Gasteiger partial charge in [-0.05, 0) is 51.0 Å². The van der Waals surface area contributed by atoms with E-state index in [1.54, 1.807) is 12.3 Å². The van der Waals surface area contributed by atoms with Crippen LogP contribution in [0.4, 0.5) is 0 Å². The van der Waals surface area contributed by atoms with Crippen LogP contribution < -0.4 is 5.73 Å². The van der Waals surface area contributed by atoms with Gasteiger partial charge in [-0.3, -0.25) is 9.88 Å². The van der Waals surface area contributed by atoms with E-state index in [9.17, 15) is 0 Å². The van der Waals surface area contributed by atoms with Gasteiger partial charge in [0.15, 0.2) is 0 Å². The van der Waals surface area contributed by atoms with Crippen molar-refractivity contribution < 1.29 is 0 Å². The molecule has 1 fully saturated rings. The third kappa shape index (κ3) is 4.79. The Morgan fingerprint density at radius 2 is 1.95 bits per heavy atom. The molecule has 0 aliphatic carbocycles. The number of nitrogens with two attached hydrogens (primary N) is 1. The molecule has 2 N–H and O–H groups in total. The second-order valence-electron chi connectivity index (χ2n) is 5.05. The highest BCUT2D eigenvalue weighted by Crippen LogP contribution is 2.16. The molecule has 3 rings (SSSR count).